The van der Waals surface area contributed by atoms with Crippen molar-refractivity contribution in [3.8, 4) is 5.75 Å². The molecule has 3 heteroatoms. The lowest BCUT2D eigenvalue weighted by atomic mass is 10.2. The minimum absolute atomic E-state index is 0.494. The van der Waals surface area contributed by atoms with Crippen LogP contribution in [0.4, 0.5) is 0 Å². The van der Waals surface area contributed by atoms with E-state index in [1.165, 1.54) is 0 Å². The van der Waals surface area contributed by atoms with Gasteiger partial charge in [0.05, 0.1) is 7.11 Å². The highest BCUT2D eigenvalue weighted by atomic mass is 16.6. The molecule has 0 saturated heterocycles. The highest BCUT2D eigenvalue weighted by molar-refractivity contribution is 5.52. The van der Waals surface area contributed by atoms with Crippen LogP contribution >= 0.6 is 0 Å². The molecule has 0 radical (unpaired) electrons. The van der Waals surface area contributed by atoms with Crippen molar-refractivity contribution in [3.63, 3.8) is 0 Å². The molecule has 0 bridgehead atoms. The molecule has 0 aliphatic carbocycles. The van der Waals surface area contributed by atoms with Gasteiger partial charge in [-0.25, -0.2) is 0 Å². The van der Waals surface area contributed by atoms with Crippen molar-refractivity contribution >= 4 is 6.21 Å². The molecule has 13 heavy (non-hydrogen) atoms. The molecule has 0 atom stereocenters. The van der Waals surface area contributed by atoms with E-state index in [0.717, 1.165) is 11.3 Å². The third kappa shape index (κ3) is 3.15. The SMILES string of the molecule is CC=NOCc1ccc(OC)cc1. The zero-order chi connectivity index (χ0) is 9.52. The maximum absolute atomic E-state index is 5.02. The summed E-state index contributed by atoms with van der Waals surface area (Å²) in [6.07, 6.45) is 1.61. The summed E-state index contributed by atoms with van der Waals surface area (Å²) in [6, 6.07) is 7.69. The van der Waals surface area contributed by atoms with Gasteiger partial charge in [0, 0.05) is 6.21 Å². The predicted molar refractivity (Wildman–Crippen MR) is 51.9 cm³/mol. The fraction of sp³-hybridized carbons (Fsp3) is 0.300. The molecule has 3 nitrogen and oxygen atoms in total. The Bertz CT molecular complexity index is 267. The van der Waals surface area contributed by atoms with Crippen LogP contribution in [0, 0.1) is 0 Å². The lowest BCUT2D eigenvalue weighted by Crippen LogP contribution is -1.87. The Hall–Kier alpha value is -1.51. The van der Waals surface area contributed by atoms with Crippen LogP contribution in [0.5, 0.6) is 5.75 Å². The van der Waals surface area contributed by atoms with Gasteiger partial charge in [0.25, 0.3) is 0 Å². The lowest BCUT2D eigenvalue weighted by molar-refractivity contribution is 0.132. The Labute approximate surface area is 78.0 Å². The number of nitrogens with zero attached hydrogens (tertiary/aromatic N) is 1. The minimum Gasteiger partial charge on any atom is -0.497 e. The first-order chi connectivity index (χ1) is 6.36. The summed E-state index contributed by atoms with van der Waals surface area (Å²) in [5, 5.41) is 3.65. The van der Waals surface area contributed by atoms with E-state index in [2.05, 4.69) is 5.16 Å². The summed E-state index contributed by atoms with van der Waals surface area (Å²) in [7, 11) is 1.65. The molecule has 0 unspecified atom stereocenters. The van der Waals surface area contributed by atoms with Gasteiger partial charge in [-0.15, -0.1) is 0 Å². The van der Waals surface area contributed by atoms with Gasteiger partial charge in [0.2, 0.25) is 0 Å². The highest BCUT2D eigenvalue weighted by Gasteiger charge is 1.93. The van der Waals surface area contributed by atoms with Crippen LogP contribution in [0.15, 0.2) is 29.4 Å². The predicted octanol–water partition coefficient (Wildman–Crippen LogP) is 2.22. The average Bonchev–Trinajstić information content (AvgIpc) is 2.19. The van der Waals surface area contributed by atoms with Gasteiger partial charge in [-0.2, -0.15) is 0 Å². The van der Waals surface area contributed by atoms with Crippen LogP contribution in [-0.4, -0.2) is 13.3 Å². The van der Waals surface area contributed by atoms with Crippen LogP contribution in [0.1, 0.15) is 12.5 Å². The van der Waals surface area contributed by atoms with Crippen LogP contribution in [0.2, 0.25) is 0 Å². The second kappa shape index (κ2) is 5.19. The van der Waals surface area contributed by atoms with E-state index in [1.54, 1.807) is 13.3 Å². The maximum atomic E-state index is 5.02. The zero-order valence-corrected chi connectivity index (χ0v) is 7.86. The number of rotatable bonds is 4. The van der Waals surface area contributed by atoms with Crippen molar-refractivity contribution in [3.05, 3.63) is 29.8 Å². The quantitative estimate of drug-likeness (QED) is 0.524. The van der Waals surface area contributed by atoms with Crippen molar-refractivity contribution < 1.29 is 9.57 Å². The maximum Gasteiger partial charge on any atom is 0.142 e. The molecule has 0 aliphatic heterocycles. The van der Waals surface area contributed by atoms with Gasteiger partial charge in [-0.05, 0) is 24.6 Å². The largest absolute Gasteiger partial charge is 0.497 e. The summed E-state index contributed by atoms with van der Waals surface area (Å²) < 4.78 is 5.02. The van der Waals surface area contributed by atoms with E-state index in [1.807, 2.05) is 31.2 Å². The molecule has 0 aromatic heterocycles. The van der Waals surface area contributed by atoms with Gasteiger partial charge in [0.15, 0.2) is 0 Å². The minimum atomic E-state index is 0.494. The fourth-order valence-corrected chi connectivity index (χ4v) is 0.908. The number of oxime groups is 1. The summed E-state index contributed by atoms with van der Waals surface area (Å²) in [6.45, 7) is 2.31. The van der Waals surface area contributed by atoms with E-state index >= 15 is 0 Å². The topological polar surface area (TPSA) is 30.8 Å². The van der Waals surface area contributed by atoms with Crippen LogP contribution in [0.25, 0.3) is 0 Å². The summed E-state index contributed by atoms with van der Waals surface area (Å²) in [4.78, 5) is 4.97. The standard InChI is InChI=1S/C10H13NO2/c1-3-11-13-8-9-4-6-10(12-2)7-5-9/h3-7H,8H2,1-2H3. The number of benzene rings is 1. The highest BCUT2D eigenvalue weighted by Crippen LogP contribution is 2.11. The van der Waals surface area contributed by atoms with E-state index in [9.17, 15) is 0 Å². The molecular weight excluding hydrogens is 166 g/mol. The van der Waals surface area contributed by atoms with Crippen molar-refractivity contribution in [1.82, 2.24) is 0 Å². The van der Waals surface area contributed by atoms with E-state index in [-0.39, 0.29) is 0 Å². The Kier molecular flexibility index (Phi) is 3.82. The van der Waals surface area contributed by atoms with Crippen molar-refractivity contribution in [1.29, 1.82) is 0 Å². The number of ether oxygens (including phenoxy) is 1. The molecule has 0 heterocycles. The smallest absolute Gasteiger partial charge is 0.142 e. The number of methoxy groups -OCH3 is 1. The van der Waals surface area contributed by atoms with Gasteiger partial charge in [0.1, 0.15) is 12.4 Å². The molecule has 1 aromatic carbocycles. The Balaban J connectivity index is 2.49. The van der Waals surface area contributed by atoms with Crippen LogP contribution < -0.4 is 4.74 Å². The molecule has 1 rings (SSSR count). The van der Waals surface area contributed by atoms with Crippen LogP contribution in [-0.2, 0) is 11.4 Å². The third-order valence-corrected chi connectivity index (χ3v) is 1.57. The molecular formula is C10H13NO2. The van der Waals surface area contributed by atoms with Crippen molar-refractivity contribution in [2.75, 3.05) is 7.11 Å². The first-order valence-electron chi connectivity index (χ1n) is 4.09. The molecule has 1 aromatic rings. The summed E-state index contributed by atoms with van der Waals surface area (Å²) in [5.74, 6) is 0.850. The van der Waals surface area contributed by atoms with Crippen LogP contribution in [0.3, 0.4) is 0 Å². The molecule has 0 fully saturated rings. The van der Waals surface area contributed by atoms with E-state index in [0.29, 0.717) is 6.61 Å². The van der Waals surface area contributed by atoms with Gasteiger partial charge < -0.3 is 9.57 Å². The lowest BCUT2D eigenvalue weighted by Gasteiger charge is -2.01. The molecule has 0 spiro atoms. The van der Waals surface area contributed by atoms with E-state index in [4.69, 9.17) is 9.57 Å². The van der Waals surface area contributed by atoms with E-state index < -0.39 is 0 Å². The zero-order valence-electron chi connectivity index (χ0n) is 7.86. The monoisotopic (exact) mass is 179 g/mol. The second-order valence-corrected chi connectivity index (χ2v) is 2.49. The van der Waals surface area contributed by atoms with Gasteiger partial charge in [-0.1, -0.05) is 17.3 Å². The average molecular weight is 179 g/mol. The van der Waals surface area contributed by atoms with Gasteiger partial charge >= 0.3 is 0 Å². The molecule has 70 valence electrons. The Morgan fingerprint density at radius 2 is 2.00 bits per heavy atom. The van der Waals surface area contributed by atoms with Crippen molar-refractivity contribution in [2.24, 2.45) is 5.16 Å². The first-order valence-corrected chi connectivity index (χ1v) is 4.09. The Morgan fingerprint density at radius 3 is 2.54 bits per heavy atom. The summed E-state index contributed by atoms with van der Waals surface area (Å²) >= 11 is 0. The third-order valence-electron chi connectivity index (χ3n) is 1.57. The Morgan fingerprint density at radius 1 is 1.31 bits per heavy atom. The molecule has 0 N–H and O–H groups in total. The second-order valence-electron chi connectivity index (χ2n) is 2.49. The number of hydrogen-bond acceptors (Lipinski definition) is 3. The normalized spacial score (nSPS) is 10.3. The number of hydrogen-bond donors (Lipinski definition) is 0. The first kappa shape index (κ1) is 9.58. The van der Waals surface area contributed by atoms with Crippen molar-refractivity contribution in [2.45, 2.75) is 13.5 Å². The fourth-order valence-electron chi connectivity index (χ4n) is 0.908. The summed E-state index contributed by atoms with van der Waals surface area (Å²) in [5.41, 5.74) is 1.08. The molecule has 0 saturated carbocycles. The molecule has 0 amide bonds. The van der Waals surface area contributed by atoms with Gasteiger partial charge in [-0.3, -0.25) is 0 Å². The molecule has 0 aliphatic rings.